The Labute approximate surface area is 458 Å². The molecule has 424 valence electrons. The molecule has 3 aliphatic carbocycles. The van der Waals surface area contributed by atoms with Crippen molar-refractivity contribution in [3.63, 3.8) is 0 Å². The van der Waals surface area contributed by atoms with Gasteiger partial charge < -0.3 is 43.0 Å². The van der Waals surface area contributed by atoms with Crippen molar-refractivity contribution in [3.8, 4) is 0 Å². The number of carbonyl (C=O) groups excluding carboxylic acids is 6. The highest BCUT2D eigenvalue weighted by molar-refractivity contribution is 6.74. The van der Waals surface area contributed by atoms with Gasteiger partial charge in [-0.15, -0.1) is 0 Å². The zero-order chi connectivity index (χ0) is 57.3. The van der Waals surface area contributed by atoms with Crippen LogP contribution in [-0.4, -0.2) is 112 Å². The molecule has 2 bridgehead atoms. The smallest absolute Gasteiger partial charge is 0.338 e. The van der Waals surface area contributed by atoms with Gasteiger partial charge in [0, 0.05) is 37.7 Å². The first-order chi connectivity index (χ1) is 36.8. The number of fused-ring (bicyclic) bond motifs is 5. The fourth-order valence-corrected chi connectivity index (χ4v) is 18.8. The minimum atomic E-state index is -2.81. The third-order valence-corrected chi connectivity index (χ3v) is 27.5. The highest BCUT2D eigenvalue weighted by atomic mass is 28.4. The Hall–Kier alpha value is -5.45. The van der Waals surface area contributed by atoms with E-state index in [-0.39, 0.29) is 24.2 Å². The van der Waals surface area contributed by atoms with Crippen LogP contribution in [0.4, 0.5) is 8.78 Å². The first-order valence-corrected chi connectivity index (χ1v) is 32.5. The lowest BCUT2D eigenvalue weighted by molar-refractivity contribution is -0.344. The van der Waals surface area contributed by atoms with Crippen LogP contribution in [0.15, 0.2) is 90.0 Å². The molecular formula is C59H77F2NO14Si2. The largest absolute Gasteiger partial charge is 0.456 e. The molecule has 0 spiro atoms. The molecule has 1 saturated heterocycles. The number of ether oxygens (including phenoxy) is 5. The van der Waals surface area contributed by atoms with Gasteiger partial charge in [0.2, 0.25) is 0 Å². The summed E-state index contributed by atoms with van der Waals surface area (Å²) in [5.41, 5.74) is -7.40. The maximum Gasteiger partial charge on any atom is 0.338 e. The third kappa shape index (κ3) is 10.7. The van der Waals surface area contributed by atoms with Crippen LogP contribution in [-0.2, 0) is 51.7 Å². The van der Waals surface area contributed by atoms with Gasteiger partial charge in [-0.05, 0) is 97.2 Å². The molecule has 15 nitrogen and oxygen atoms in total. The van der Waals surface area contributed by atoms with Crippen molar-refractivity contribution in [1.82, 2.24) is 5.32 Å². The molecule has 3 fully saturated rings. The standard InChI is InChI=1S/C59H77F2NO14Si2/c1-13-77(14-2,15-3)75-44-32-45-58(34-70-45,74-37(9)64)50-52(73-54(67)40-29-30-41(60)42(61)31-40)59(69)33-43(35(7)46(56(59,10)11)48(71-36(8)63)51(65)57(44,50)12)72-55(68)49(76-78(16-4,17-5)18-6)47(38-25-21-19-22-26-38)62-53(66)39-27-23-20-24-28-39/h19-31,43-45,47-50,52,69H,13-18,32-34H2,1-12H3,(H,62,66)/t43-,44-,45+,47-,48+,49+,50-,52-,57+,58-,59+/m0/s1. The van der Waals surface area contributed by atoms with E-state index in [4.69, 9.17) is 32.5 Å². The number of Topliss-reactive ketones (excluding diaryl/α,β-unsaturated/α-hetero) is 1. The summed E-state index contributed by atoms with van der Waals surface area (Å²) >= 11 is 0. The van der Waals surface area contributed by atoms with Crippen LogP contribution >= 0.6 is 0 Å². The van der Waals surface area contributed by atoms with Gasteiger partial charge in [-0.3, -0.25) is 19.2 Å². The Balaban J connectivity index is 1.50. The monoisotopic (exact) mass is 1120 g/mol. The van der Waals surface area contributed by atoms with Gasteiger partial charge in [-0.2, -0.15) is 0 Å². The second-order valence-electron chi connectivity index (χ2n) is 22.3. The van der Waals surface area contributed by atoms with E-state index in [1.807, 2.05) is 41.5 Å². The molecule has 1 amide bonds. The minimum Gasteiger partial charge on any atom is -0.456 e. The van der Waals surface area contributed by atoms with Crippen molar-refractivity contribution in [1.29, 1.82) is 0 Å². The number of carbonyl (C=O) groups is 6. The number of esters is 4. The van der Waals surface area contributed by atoms with Gasteiger partial charge >= 0.3 is 23.9 Å². The first kappa shape index (κ1) is 60.2. The number of hydrogen-bond donors (Lipinski definition) is 2. The number of halogens is 2. The topological polar surface area (TPSA) is 199 Å². The molecule has 2 saturated carbocycles. The maximum absolute atomic E-state index is 16.6. The Morgan fingerprint density at radius 1 is 0.769 bits per heavy atom. The summed E-state index contributed by atoms with van der Waals surface area (Å²) in [6, 6.07) is 22.3. The molecule has 19 heteroatoms. The zero-order valence-electron chi connectivity index (χ0n) is 47.0. The number of hydrogen-bond acceptors (Lipinski definition) is 14. The van der Waals surface area contributed by atoms with E-state index >= 15 is 14.0 Å². The van der Waals surface area contributed by atoms with Crippen LogP contribution in [0.2, 0.25) is 36.3 Å². The van der Waals surface area contributed by atoms with Crippen molar-refractivity contribution in [2.24, 2.45) is 16.7 Å². The van der Waals surface area contributed by atoms with Gasteiger partial charge in [0.15, 0.2) is 51.9 Å². The summed E-state index contributed by atoms with van der Waals surface area (Å²) in [5, 5.41) is 17.5. The van der Waals surface area contributed by atoms with Crippen LogP contribution in [0.5, 0.6) is 0 Å². The molecule has 2 N–H and O–H groups in total. The number of aliphatic hydroxyl groups is 1. The Morgan fingerprint density at radius 3 is 1.88 bits per heavy atom. The number of benzene rings is 3. The fourth-order valence-electron chi connectivity index (χ4n) is 13.1. The van der Waals surface area contributed by atoms with Crippen molar-refractivity contribution in [2.45, 2.75) is 186 Å². The average Bonchev–Trinajstić information content (AvgIpc) is 3.25. The van der Waals surface area contributed by atoms with Crippen LogP contribution in [0, 0.1) is 28.4 Å². The van der Waals surface area contributed by atoms with Gasteiger partial charge in [0.05, 0.1) is 35.6 Å². The predicted octanol–water partition coefficient (Wildman–Crippen LogP) is 10.1. The maximum atomic E-state index is 16.6. The Kier molecular flexibility index (Phi) is 18.0. The van der Waals surface area contributed by atoms with Crippen molar-refractivity contribution >= 4 is 52.2 Å². The number of amides is 1. The molecule has 3 aromatic carbocycles. The Morgan fingerprint density at radius 2 is 1.36 bits per heavy atom. The van der Waals surface area contributed by atoms with E-state index in [1.54, 1.807) is 88.4 Å². The summed E-state index contributed by atoms with van der Waals surface area (Å²) in [7, 11) is -5.55. The van der Waals surface area contributed by atoms with E-state index in [1.165, 1.54) is 6.92 Å². The SMILES string of the molecule is CC[Si](CC)(CC)O[C@H]1C[C@H]2OC[C@@]2(OC(C)=O)[C@H]2[C@H](OC(=O)c3ccc(F)c(F)c3)[C@]3(O)C[C@H](OC(=O)[C@H](O[Si](CC)(CC)CC)[C@@H](NC(=O)c4ccccc4)c4ccccc4)C(C)=C([C@@H](OC(C)=O)C(=O)[C@]12C)C3(C)C. The van der Waals surface area contributed by atoms with Crippen LogP contribution in [0.1, 0.15) is 128 Å². The normalized spacial score (nSPS) is 28.3. The molecule has 78 heavy (non-hydrogen) atoms. The number of rotatable bonds is 20. The highest BCUT2D eigenvalue weighted by Crippen LogP contribution is 2.65. The van der Waals surface area contributed by atoms with Crippen LogP contribution in [0.25, 0.3) is 0 Å². The number of nitrogens with one attached hydrogen (secondary N) is 1. The van der Waals surface area contributed by atoms with E-state index in [9.17, 15) is 28.7 Å². The van der Waals surface area contributed by atoms with E-state index < -0.39 is 146 Å². The summed E-state index contributed by atoms with van der Waals surface area (Å²) in [6.45, 7) is 20.3. The highest BCUT2D eigenvalue weighted by Gasteiger charge is 2.79. The third-order valence-electron chi connectivity index (χ3n) is 18.2. The number of ketones is 1. The second-order valence-corrected chi connectivity index (χ2v) is 31.7. The molecule has 0 radical (unpaired) electrons. The molecular weight excluding hydrogens is 1040 g/mol. The molecule has 4 aliphatic rings. The lowest BCUT2D eigenvalue weighted by Crippen LogP contribution is -2.82. The van der Waals surface area contributed by atoms with Gasteiger partial charge in [0.25, 0.3) is 5.91 Å². The molecule has 1 aliphatic heterocycles. The average molecular weight is 1120 g/mol. The van der Waals surface area contributed by atoms with Crippen molar-refractivity contribution in [3.05, 3.63) is 118 Å². The lowest BCUT2D eigenvalue weighted by atomic mass is 9.44. The summed E-state index contributed by atoms with van der Waals surface area (Å²) in [4.78, 5) is 88.6. The predicted molar refractivity (Wildman–Crippen MR) is 290 cm³/mol. The van der Waals surface area contributed by atoms with Gasteiger partial charge in [-0.25, -0.2) is 18.4 Å². The zero-order valence-corrected chi connectivity index (χ0v) is 49.0. The first-order valence-electron chi connectivity index (χ1n) is 27.4. The summed E-state index contributed by atoms with van der Waals surface area (Å²) in [5.74, 6) is -9.26. The van der Waals surface area contributed by atoms with Gasteiger partial charge in [-0.1, -0.05) is 104 Å². The van der Waals surface area contributed by atoms with Gasteiger partial charge in [0.1, 0.15) is 23.9 Å². The quantitative estimate of drug-likeness (QED) is 0.0469. The van der Waals surface area contributed by atoms with E-state index in [2.05, 4.69) is 5.32 Å². The molecule has 11 atom stereocenters. The van der Waals surface area contributed by atoms with E-state index in [0.29, 0.717) is 53.5 Å². The molecule has 1 heterocycles. The minimum absolute atomic E-state index is 0.000352. The summed E-state index contributed by atoms with van der Waals surface area (Å²) in [6.07, 6.45) is -9.42. The summed E-state index contributed by atoms with van der Waals surface area (Å²) < 4.78 is 76.2. The lowest BCUT2D eigenvalue weighted by Gasteiger charge is -2.68. The van der Waals surface area contributed by atoms with E-state index in [0.717, 1.165) is 19.1 Å². The molecule has 0 aromatic heterocycles. The van der Waals surface area contributed by atoms with Crippen molar-refractivity contribution < 1.29 is 75.2 Å². The van der Waals surface area contributed by atoms with Crippen LogP contribution in [0.3, 0.4) is 0 Å². The molecule has 0 unspecified atom stereocenters. The fraction of sp³-hybridized carbons (Fsp3) is 0.559. The second kappa shape index (κ2) is 23.3. The molecule has 7 rings (SSSR count). The molecule has 3 aromatic rings. The van der Waals surface area contributed by atoms with Crippen molar-refractivity contribution in [2.75, 3.05) is 6.61 Å². The van der Waals surface area contributed by atoms with Crippen LogP contribution < -0.4 is 5.32 Å². The Bertz CT molecular complexity index is 2760.